The zero-order chi connectivity index (χ0) is 15.9. The molecule has 0 aliphatic carbocycles. The van der Waals surface area contributed by atoms with E-state index in [0.717, 1.165) is 11.3 Å². The van der Waals surface area contributed by atoms with Crippen LogP contribution in [-0.4, -0.2) is 4.98 Å². The third-order valence-corrected chi connectivity index (χ3v) is 1.49. The first-order valence-electron chi connectivity index (χ1n) is 7.43. The van der Waals surface area contributed by atoms with Crippen molar-refractivity contribution in [3.63, 3.8) is 0 Å². The zero-order valence-corrected chi connectivity index (χ0v) is 14.7. The minimum Gasteiger partial charge on any atom is -0.260 e. The van der Waals surface area contributed by atoms with E-state index >= 15 is 0 Å². The van der Waals surface area contributed by atoms with Gasteiger partial charge in [0.15, 0.2) is 0 Å². The lowest BCUT2D eigenvalue weighted by Crippen LogP contribution is -1.99. The second kappa shape index (κ2) is 14.8. The molecule has 1 aromatic heterocycles. The highest BCUT2D eigenvalue weighted by Gasteiger charge is 2.03. The molecule has 0 spiro atoms. The van der Waals surface area contributed by atoms with Crippen LogP contribution in [0, 0.1) is 24.2 Å². The van der Waals surface area contributed by atoms with Gasteiger partial charge >= 0.3 is 0 Å². The van der Waals surface area contributed by atoms with E-state index in [2.05, 4.69) is 37.6 Å². The number of hydrogen-bond donors (Lipinski definition) is 0. The number of hydrogen-bond acceptors (Lipinski definition) is 1. The fourth-order valence-corrected chi connectivity index (χ4v) is 0.801. The van der Waals surface area contributed by atoms with E-state index in [4.69, 9.17) is 0 Å². The van der Waals surface area contributed by atoms with Crippen molar-refractivity contribution in [2.45, 2.75) is 69.2 Å². The monoisotopic (exact) mass is 263 g/mol. The largest absolute Gasteiger partial charge is 0.260 e. The summed E-state index contributed by atoms with van der Waals surface area (Å²) in [6, 6.07) is 3.98. The van der Waals surface area contributed by atoms with Gasteiger partial charge in [0, 0.05) is 22.9 Å². The molecule has 0 aliphatic heterocycles. The van der Waals surface area contributed by atoms with Gasteiger partial charge < -0.3 is 0 Å². The molecule has 110 valence electrons. The lowest BCUT2D eigenvalue weighted by atomic mass is 9.97. The number of rotatable bonds is 0. The van der Waals surface area contributed by atoms with Gasteiger partial charge in [-0.3, -0.25) is 4.98 Å². The Hall–Kier alpha value is -1.29. The third kappa shape index (κ3) is 16.7. The van der Waals surface area contributed by atoms with E-state index in [9.17, 15) is 0 Å². The highest BCUT2D eigenvalue weighted by molar-refractivity contribution is 5.33. The molecule has 0 saturated carbocycles. The van der Waals surface area contributed by atoms with Crippen molar-refractivity contribution in [3.8, 4) is 11.8 Å². The Morgan fingerprint density at radius 3 is 1.68 bits per heavy atom. The molecule has 0 unspecified atom stereocenters. The molecule has 0 fully saturated rings. The first-order valence-corrected chi connectivity index (χ1v) is 7.43. The quantitative estimate of drug-likeness (QED) is 0.534. The van der Waals surface area contributed by atoms with Crippen LogP contribution in [0.5, 0.6) is 0 Å². The predicted molar refractivity (Wildman–Crippen MR) is 89.4 cm³/mol. The Labute approximate surface area is 121 Å². The molecule has 1 nitrogen and oxygen atoms in total. The van der Waals surface area contributed by atoms with Crippen LogP contribution in [0.15, 0.2) is 18.3 Å². The van der Waals surface area contributed by atoms with Crippen molar-refractivity contribution >= 4 is 0 Å². The average Bonchev–Trinajstić information content (AvgIpc) is 2.44. The van der Waals surface area contributed by atoms with E-state index < -0.39 is 0 Å². The molecule has 1 heterocycles. The maximum Gasteiger partial charge on any atom is 0.0429 e. The minimum absolute atomic E-state index is 0.0604. The Morgan fingerprint density at radius 1 is 0.895 bits per heavy atom. The molecule has 0 amide bonds. The Kier molecular flexibility index (Phi) is 17.8. The summed E-state index contributed by atoms with van der Waals surface area (Å²) in [4.78, 5) is 4.18. The van der Waals surface area contributed by atoms with Crippen LogP contribution in [-0.2, 0) is 0 Å². The van der Waals surface area contributed by atoms with Crippen molar-refractivity contribution in [1.29, 1.82) is 0 Å². The van der Waals surface area contributed by atoms with Gasteiger partial charge in [0.25, 0.3) is 0 Å². The summed E-state index contributed by atoms with van der Waals surface area (Å²) < 4.78 is 0. The Morgan fingerprint density at radius 2 is 1.37 bits per heavy atom. The molecule has 0 saturated heterocycles. The molecule has 0 aliphatic rings. The van der Waals surface area contributed by atoms with Crippen LogP contribution in [0.2, 0.25) is 0 Å². The Balaban J connectivity index is -0.000000375. The van der Waals surface area contributed by atoms with Crippen molar-refractivity contribution in [3.05, 3.63) is 29.6 Å². The number of aryl methyl sites for hydroxylation is 1. The molecular formula is C18H33N. The van der Waals surface area contributed by atoms with Gasteiger partial charge in [-0.2, -0.15) is 0 Å². The molecule has 0 radical (unpaired) electrons. The smallest absolute Gasteiger partial charge is 0.0429 e. The van der Waals surface area contributed by atoms with E-state index in [1.165, 1.54) is 0 Å². The zero-order valence-electron chi connectivity index (χ0n) is 14.7. The molecule has 0 atom stereocenters. The van der Waals surface area contributed by atoms with Gasteiger partial charge in [0.1, 0.15) is 0 Å². The van der Waals surface area contributed by atoms with Crippen LogP contribution in [0.25, 0.3) is 0 Å². The SMILES string of the molecule is CC.CC.CC.Cc1ccc(C#CC(C)(C)C)cn1. The van der Waals surface area contributed by atoms with Crippen LogP contribution >= 0.6 is 0 Å². The highest BCUT2D eigenvalue weighted by atomic mass is 14.6. The molecule has 0 aromatic carbocycles. The molecule has 0 N–H and O–H groups in total. The highest BCUT2D eigenvalue weighted by Crippen LogP contribution is 2.10. The lowest BCUT2D eigenvalue weighted by molar-refractivity contribution is 0.571. The van der Waals surface area contributed by atoms with Gasteiger partial charge in [-0.25, -0.2) is 0 Å². The molecule has 1 aromatic rings. The van der Waals surface area contributed by atoms with Crippen molar-refractivity contribution in [2.75, 3.05) is 0 Å². The second-order valence-corrected chi connectivity index (χ2v) is 4.19. The normalized spacial score (nSPS) is 8.11. The summed E-state index contributed by atoms with van der Waals surface area (Å²) in [5.41, 5.74) is 2.08. The van der Waals surface area contributed by atoms with Gasteiger partial charge in [-0.1, -0.05) is 53.4 Å². The topological polar surface area (TPSA) is 12.9 Å². The first-order chi connectivity index (χ1) is 8.97. The fourth-order valence-electron chi connectivity index (χ4n) is 0.801. The van der Waals surface area contributed by atoms with Crippen LogP contribution in [0.1, 0.15) is 73.6 Å². The minimum atomic E-state index is 0.0604. The summed E-state index contributed by atoms with van der Waals surface area (Å²) in [7, 11) is 0. The molecule has 1 heteroatoms. The second-order valence-electron chi connectivity index (χ2n) is 4.19. The molecule has 0 bridgehead atoms. The molecule has 19 heavy (non-hydrogen) atoms. The molecular weight excluding hydrogens is 230 g/mol. The summed E-state index contributed by atoms with van der Waals surface area (Å²) in [6.45, 7) is 20.3. The van der Waals surface area contributed by atoms with Crippen LogP contribution in [0.4, 0.5) is 0 Å². The summed E-state index contributed by atoms with van der Waals surface area (Å²) in [5, 5.41) is 0. The Bertz CT molecular complexity index is 331. The van der Waals surface area contributed by atoms with Gasteiger partial charge in [0.05, 0.1) is 0 Å². The maximum absolute atomic E-state index is 4.18. The number of pyridine rings is 1. The standard InChI is InChI=1S/C12H15N.3C2H6/c1-10-5-6-11(9-13-10)7-8-12(2,3)4;3*1-2/h5-6,9H,1-4H3;3*1-2H3. The van der Waals surface area contributed by atoms with Crippen molar-refractivity contribution in [1.82, 2.24) is 4.98 Å². The molecule has 1 rings (SSSR count). The van der Waals surface area contributed by atoms with Crippen molar-refractivity contribution in [2.24, 2.45) is 5.41 Å². The van der Waals surface area contributed by atoms with E-state index in [0.29, 0.717) is 0 Å². The van der Waals surface area contributed by atoms with Crippen LogP contribution in [0.3, 0.4) is 0 Å². The fraction of sp³-hybridized carbons (Fsp3) is 0.611. The summed E-state index contributed by atoms with van der Waals surface area (Å²) >= 11 is 0. The van der Waals surface area contributed by atoms with Gasteiger partial charge in [-0.05, 0) is 39.8 Å². The number of aromatic nitrogens is 1. The van der Waals surface area contributed by atoms with Crippen molar-refractivity contribution < 1.29 is 0 Å². The van der Waals surface area contributed by atoms with E-state index in [1.54, 1.807) is 0 Å². The van der Waals surface area contributed by atoms with Gasteiger partial charge in [0.2, 0.25) is 0 Å². The lowest BCUT2D eigenvalue weighted by Gasteiger charge is -2.06. The number of nitrogens with zero attached hydrogens (tertiary/aromatic N) is 1. The predicted octanol–water partition coefficient (Wildman–Crippen LogP) is 5.87. The average molecular weight is 263 g/mol. The summed E-state index contributed by atoms with van der Waals surface area (Å²) in [5.74, 6) is 6.27. The van der Waals surface area contributed by atoms with Gasteiger partial charge in [-0.15, -0.1) is 0 Å². The van der Waals surface area contributed by atoms with Crippen LogP contribution < -0.4 is 0 Å². The van der Waals surface area contributed by atoms with E-state index in [-0.39, 0.29) is 5.41 Å². The maximum atomic E-state index is 4.18. The summed E-state index contributed by atoms with van der Waals surface area (Å²) in [6.07, 6.45) is 1.81. The first kappa shape index (κ1) is 22.9. The van der Waals surface area contributed by atoms with E-state index in [1.807, 2.05) is 66.8 Å². The third-order valence-electron chi connectivity index (χ3n) is 1.49.